The van der Waals surface area contributed by atoms with E-state index in [0.29, 0.717) is 17.9 Å². The molecule has 1 aliphatic rings. The number of aryl methyl sites for hydroxylation is 1. The third-order valence-electron chi connectivity index (χ3n) is 2.97. The lowest BCUT2D eigenvalue weighted by Crippen LogP contribution is -2.08. The lowest BCUT2D eigenvalue weighted by atomic mass is 9.89. The molecule has 0 unspecified atom stereocenters. The summed E-state index contributed by atoms with van der Waals surface area (Å²) in [6, 6.07) is 9.99. The highest BCUT2D eigenvalue weighted by Crippen LogP contribution is 2.33. The number of fused-ring (bicyclic) bond motifs is 1. The molecule has 84 valence electrons. The fraction of sp³-hybridized carbons (Fsp3) is 0.143. The van der Waals surface area contributed by atoms with Gasteiger partial charge in [-0.1, -0.05) is 41.6 Å². The molecule has 0 saturated heterocycles. The molecule has 1 aromatic heterocycles. The number of allylic oxidation sites excluding steroid dienone is 1. The first kappa shape index (κ1) is 10.0. The third-order valence-corrected chi connectivity index (χ3v) is 2.97. The Hall–Kier alpha value is -2.16. The molecule has 0 amide bonds. The number of nitrogens with zero attached hydrogens (tertiary/aromatic N) is 1. The first-order valence-electron chi connectivity index (χ1n) is 5.53. The van der Waals surface area contributed by atoms with Crippen molar-refractivity contribution in [1.29, 1.82) is 0 Å². The molecule has 1 aromatic carbocycles. The molecular formula is C14H11NO2. The second-order valence-electron chi connectivity index (χ2n) is 4.07. The van der Waals surface area contributed by atoms with Gasteiger partial charge in [-0.05, 0) is 18.1 Å². The molecule has 1 heterocycles. The van der Waals surface area contributed by atoms with Crippen LogP contribution in [0.25, 0.3) is 5.57 Å². The van der Waals surface area contributed by atoms with Gasteiger partial charge in [0.05, 0.1) is 5.56 Å². The Labute approximate surface area is 98.7 Å². The molecular weight excluding hydrogens is 214 g/mol. The van der Waals surface area contributed by atoms with Crippen LogP contribution < -0.4 is 0 Å². The van der Waals surface area contributed by atoms with Crippen molar-refractivity contribution in [3.63, 3.8) is 0 Å². The molecule has 2 aromatic rings. The van der Waals surface area contributed by atoms with Gasteiger partial charge in [0.25, 0.3) is 0 Å². The minimum atomic E-state index is 0.0246. The third kappa shape index (κ3) is 1.51. The number of rotatable bonds is 1. The molecule has 0 bridgehead atoms. The fourth-order valence-electron chi connectivity index (χ4n) is 2.15. The van der Waals surface area contributed by atoms with E-state index in [2.05, 4.69) is 5.16 Å². The van der Waals surface area contributed by atoms with Crippen molar-refractivity contribution >= 4 is 11.4 Å². The molecule has 3 heteroatoms. The zero-order chi connectivity index (χ0) is 11.8. The predicted molar refractivity (Wildman–Crippen MR) is 63.7 cm³/mol. The van der Waals surface area contributed by atoms with E-state index < -0.39 is 0 Å². The quantitative estimate of drug-likeness (QED) is 0.749. The minimum absolute atomic E-state index is 0.0246. The van der Waals surface area contributed by atoms with Crippen molar-refractivity contribution in [3.05, 3.63) is 59.0 Å². The highest BCUT2D eigenvalue weighted by atomic mass is 16.5. The highest BCUT2D eigenvalue weighted by Gasteiger charge is 2.26. The van der Waals surface area contributed by atoms with Gasteiger partial charge in [0, 0.05) is 6.42 Å². The van der Waals surface area contributed by atoms with Gasteiger partial charge in [-0.15, -0.1) is 0 Å². The summed E-state index contributed by atoms with van der Waals surface area (Å²) in [4.78, 5) is 11.7. The van der Waals surface area contributed by atoms with Crippen molar-refractivity contribution in [1.82, 2.24) is 5.16 Å². The van der Waals surface area contributed by atoms with E-state index in [1.165, 1.54) is 0 Å². The van der Waals surface area contributed by atoms with Crippen LogP contribution in [0.2, 0.25) is 0 Å². The van der Waals surface area contributed by atoms with Crippen LogP contribution in [0.3, 0.4) is 0 Å². The largest absolute Gasteiger partial charge is 0.360 e. The summed E-state index contributed by atoms with van der Waals surface area (Å²) in [5.74, 6) is 0.722. The molecule has 3 rings (SSSR count). The van der Waals surface area contributed by atoms with E-state index in [4.69, 9.17) is 4.52 Å². The Morgan fingerprint density at radius 3 is 2.76 bits per heavy atom. The number of aromatic nitrogens is 1. The van der Waals surface area contributed by atoms with Gasteiger partial charge >= 0.3 is 0 Å². The molecule has 0 radical (unpaired) electrons. The molecule has 1 aliphatic carbocycles. The van der Waals surface area contributed by atoms with Crippen LogP contribution in [0, 0.1) is 6.92 Å². The topological polar surface area (TPSA) is 43.1 Å². The van der Waals surface area contributed by atoms with Crippen LogP contribution in [-0.2, 0) is 0 Å². The average Bonchev–Trinajstić information content (AvgIpc) is 2.75. The molecule has 17 heavy (non-hydrogen) atoms. The zero-order valence-electron chi connectivity index (χ0n) is 9.43. The van der Waals surface area contributed by atoms with E-state index in [1.54, 1.807) is 0 Å². The van der Waals surface area contributed by atoms with Gasteiger partial charge in [-0.2, -0.15) is 0 Å². The van der Waals surface area contributed by atoms with Crippen molar-refractivity contribution < 1.29 is 9.32 Å². The maximum absolute atomic E-state index is 11.7. The molecule has 0 fully saturated rings. The number of ketones is 1. The number of carbonyl (C=O) groups is 1. The summed E-state index contributed by atoms with van der Waals surface area (Å²) in [6.07, 6.45) is 2.34. The molecule has 0 aliphatic heterocycles. The van der Waals surface area contributed by atoms with Gasteiger partial charge in [-0.25, -0.2) is 0 Å². The molecule has 0 spiro atoms. The second-order valence-corrected chi connectivity index (χ2v) is 4.07. The Balaban J connectivity index is 2.20. The average molecular weight is 225 g/mol. The van der Waals surface area contributed by atoms with Crippen molar-refractivity contribution in [2.75, 3.05) is 0 Å². The van der Waals surface area contributed by atoms with Crippen LogP contribution >= 0.6 is 0 Å². The van der Waals surface area contributed by atoms with E-state index in [-0.39, 0.29) is 5.78 Å². The fourth-order valence-corrected chi connectivity index (χ4v) is 2.15. The Morgan fingerprint density at radius 1 is 1.24 bits per heavy atom. The van der Waals surface area contributed by atoms with Gasteiger partial charge in [-0.3, -0.25) is 4.79 Å². The summed E-state index contributed by atoms with van der Waals surface area (Å²) >= 11 is 0. The maximum Gasteiger partial charge on any atom is 0.189 e. The van der Waals surface area contributed by atoms with Crippen LogP contribution in [0.5, 0.6) is 0 Å². The Bertz CT molecular complexity index is 608. The lowest BCUT2D eigenvalue weighted by Gasteiger charge is -2.12. The van der Waals surface area contributed by atoms with Crippen LogP contribution in [0.15, 0.2) is 40.9 Å². The summed E-state index contributed by atoms with van der Waals surface area (Å²) < 4.78 is 5.13. The predicted octanol–water partition coefficient (Wildman–Crippen LogP) is 3.00. The van der Waals surface area contributed by atoms with Gasteiger partial charge < -0.3 is 4.52 Å². The monoisotopic (exact) mass is 225 g/mol. The number of hydrogen-bond acceptors (Lipinski definition) is 3. The molecule has 0 saturated carbocycles. The van der Waals surface area contributed by atoms with Crippen molar-refractivity contribution in [2.45, 2.75) is 13.3 Å². The van der Waals surface area contributed by atoms with Crippen molar-refractivity contribution in [3.8, 4) is 0 Å². The first-order chi connectivity index (χ1) is 8.27. The Morgan fingerprint density at radius 2 is 2.00 bits per heavy atom. The second kappa shape index (κ2) is 3.70. The number of benzene rings is 1. The maximum atomic E-state index is 11.7. The van der Waals surface area contributed by atoms with E-state index in [0.717, 1.165) is 16.7 Å². The number of hydrogen-bond donors (Lipinski definition) is 0. The van der Waals surface area contributed by atoms with Crippen LogP contribution in [0.1, 0.15) is 33.8 Å². The van der Waals surface area contributed by atoms with Gasteiger partial charge in [0.1, 0.15) is 5.76 Å². The molecule has 0 atom stereocenters. The van der Waals surface area contributed by atoms with Gasteiger partial charge in [0.2, 0.25) is 0 Å². The summed E-state index contributed by atoms with van der Waals surface area (Å²) in [6.45, 7) is 1.83. The van der Waals surface area contributed by atoms with E-state index >= 15 is 0 Å². The van der Waals surface area contributed by atoms with Crippen LogP contribution in [0.4, 0.5) is 0 Å². The lowest BCUT2D eigenvalue weighted by molar-refractivity contribution is 0.0985. The van der Waals surface area contributed by atoms with E-state index in [1.807, 2.05) is 43.3 Å². The first-order valence-corrected chi connectivity index (χ1v) is 5.53. The molecule has 3 nitrogen and oxygen atoms in total. The summed E-state index contributed by atoms with van der Waals surface area (Å²) in [5, 5.41) is 3.85. The minimum Gasteiger partial charge on any atom is -0.360 e. The van der Waals surface area contributed by atoms with Gasteiger partial charge in [0.15, 0.2) is 11.5 Å². The smallest absolute Gasteiger partial charge is 0.189 e. The highest BCUT2D eigenvalue weighted by molar-refractivity contribution is 6.05. The number of carbonyl (C=O) groups excluding carboxylic acids is 1. The summed E-state index contributed by atoms with van der Waals surface area (Å²) in [7, 11) is 0. The molecule has 0 N–H and O–H groups in total. The number of Topliss-reactive ketones (excluding diaryl/α,β-unsaturated/α-hetero) is 1. The normalized spacial score (nSPS) is 14.4. The van der Waals surface area contributed by atoms with Crippen molar-refractivity contribution in [2.24, 2.45) is 0 Å². The summed E-state index contributed by atoms with van der Waals surface area (Å²) in [5.41, 5.74) is 3.43. The standard InChI is InChI=1S/C14H11NO2/c1-9-13-11(10-5-3-2-4-6-10)7-8-12(16)14(13)15-17-9/h2-7H,8H2,1H3. The van der Waals surface area contributed by atoms with E-state index in [9.17, 15) is 4.79 Å². The Kier molecular flexibility index (Phi) is 2.18. The zero-order valence-corrected chi connectivity index (χ0v) is 9.43. The van der Waals surface area contributed by atoms with Crippen LogP contribution in [-0.4, -0.2) is 10.9 Å². The SMILES string of the molecule is Cc1onc2c1C(c1ccccc1)=CCC2=O.